The first-order chi connectivity index (χ1) is 37.7. The molecule has 12 aromatic carbocycles. The highest BCUT2D eigenvalue weighted by Crippen LogP contribution is 2.59. The van der Waals surface area contributed by atoms with Crippen LogP contribution in [0.15, 0.2) is 296 Å². The summed E-state index contributed by atoms with van der Waals surface area (Å²) < 4.78 is 8.56. The highest BCUT2D eigenvalue weighted by atomic mass is 16.3. The summed E-state index contributed by atoms with van der Waals surface area (Å²) in [5, 5.41) is 4.79. The number of nitrogens with zero attached hydrogens (tertiary/aromatic N) is 2. The summed E-state index contributed by atoms with van der Waals surface area (Å²) >= 11 is 0. The molecule has 1 aliphatic carbocycles. The molecule has 2 aromatic heterocycles. The minimum absolute atomic E-state index is 0.532. The molecular formula is C73H48N2O. The van der Waals surface area contributed by atoms with Crippen LogP contribution in [0.4, 0.5) is 17.1 Å². The first kappa shape index (κ1) is 43.6. The van der Waals surface area contributed by atoms with E-state index in [9.17, 15) is 0 Å². The van der Waals surface area contributed by atoms with Gasteiger partial charge in [-0.2, -0.15) is 0 Å². The van der Waals surface area contributed by atoms with E-state index in [-0.39, 0.29) is 0 Å². The van der Waals surface area contributed by atoms with Crippen LogP contribution in [0.25, 0.3) is 93.9 Å². The van der Waals surface area contributed by atoms with Gasteiger partial charge in [-0.1, -0.05) is 212 Å². The molecule has 0 atom stereocenters. The van der Waals surface area contributed by atoms with Gasteiger partial charge in [0.2, 0.25) is 0 Å². The fourth-order valence-electron chi connectivity index (χ4n) is 12.5. The first-order valence-electron chi connectivity index (χ1n) is 26.1. The molecule has 0 bridgehead atoms. The van der Waals surface area contributed by atoms with Crippen LogP contribution in [0.3, 0.4) is 0 Å². The standard InChI is InChI=1S/C73H48N2O/c1-3-19-55(20-4-1)73(56-21-5-2-6-22-56)65-27-11-7-26-63(65)72-66(73)28-16-31-69(72)74(57-40-33-49(34-41-57)50-35-44-59(45-36-50)75-67-29-12-8-23-60(67)61-24-9-13-30-68(61)75)58-42-37-51(38-43-58)52-17-15-18-53(47-52)54-39-46-71-64(48-54)62-25-10-14-32-70(62)76-71/h1-48H. The van der Waals surface area contributed by atoms with Gasteiger partial charge >= 0.3 is 0 Å². The van der Waals surface area contributed by atoms with Crippen LogP contribution in [-0.4, -0.2) is 4.57 Å². The van der Waals surface area contributed by atoms with Crippen LogP contribution in [0.5, 0.6) is 0 Å². The Hall–Kier alpha value is -9.96. The van der Waals surface area contributed by atoms with E-state index >= 15 is 0 Å². The maximum absolute atomic E-state index is 6.18. The van der Waals surface area contributed by atoms with Gasteiger partial charge in [0.1, 0.15) is 11.2 Å². The van der Waals surface area contributed by atoms with E-state index in [2.05, 4.69) is 289 Å². The molecule has 3 nitrogen and oxygen atoms in total. The molecule has 3 heteroatoms. The van der Waals surface area contributed by atoms with Crippen molar-refractivity contribution in [3.63, 3.8) is 0 Å². The number of benzene rings is 12. The lowest BCUT2D eigenvalue weighted by molar-refractivity contribution is 0.669. The number of fused-ring (bicyclic) bond motifs is 9. The molecule has 0 amide bonds. The number of para-hydroxylation sites is 3. The van der Waals surface area contributed by atoms with Crippen LogP contribution in [0.2, 0.25) is 0 Å². The minimum Gasteiger partial charge on any atom is -0.456 e. The number of aromatic nitrogens is 1. The molecule has 14 aromatic rings. The van der Waals surface area contributed by atoms with Gasteiger partial charge in [-0.25, -0.2) is 0 Å². The maximum Gasteiger partial charge on any atom is 0.135 e. The summed E-state index contributed by atoms with van der Waals surface area (Å²) in [6.07, 6.45) is 0. The van der Waals surface area contributed by atoms with Crippen molar-refractivity contribution in [3.8, 4) is 50.2 Å². The summed E-state index contributed by atoms with van der Waals surface area (Å²) in [7, 11) is 0. The molecule has 0 spiro atoms. The molecular weight excluding hydrogens is 921 g/mol. The molecule has 2 heterocycles. The van der Waals surface area contributed by atoms with Gasteiger partial charge in [-0.3, -0.25) is 0 Å². The third kappa shape index (κ3) is 6.83. The van der Waals surface area contributed by atoms with Crippen LogP contribution >= 0.6 is 0 Å². The number of furan rings is 1. The van der Waals surface area contributed by atoms with Gasteiger partial charge < -0.3 is 13.9 Å². The van der Waals surface area contributed by atoms with E-state index in [4.69, 9.17) is 4.42 Å². The molecule has 15 rings (SSSR count). The van der Waals surface area contributed by atoms with E-state index < -0.39 is 5.41 Å². The number of hydrogen-bond donors (Lipinski definition) is 0. The minimum atomic E-state index is -0.532. The van der Waals surface area contributed by atoms with Crippen molar-refractivity contribution in [1.82, 2.24) is 4.57 Å². The molecule has 0 aliphatic heterocycles. The molecule has 0 saturated carbocycles. The SMILES string of the molecule is c1ccc(C2(c3ccccc3)c3ccccc3-c3c(N(c4ccc(-c5ccc(-n6c7ccccc7c7ccccc76)cc5)cc4)c4ccc(-c5cccc(-c6ccc7oc8ccccc8c7c6)c5)cc4)cccc32)cc1. The van der Waals surface area contributed by atoms with Crippen molar-refractivity contribution in [3.05, 3.63) is 313 Å². The van der Waals surface area contributed by atoms with Gasteiger partial charge in [0.15, 0.2) is 0 Å². The second kappa shape index (κ2) is 17.6. The smallest absolute Gasteiger partial charge is 0.135 e. The Labute approximate surface area is 441 Å². The normalized spacial score (nSPS) is 12.6. The van der Waals surface area contributed by atoms with Crippen molar-refractivity contribution in [2.45, 2.75) is 5.41 Å². The number of rotatable bonds is 9. The first-order valence-corrected chi connectivity index (χ1v) is 26.1. The van der Waals surface area contributed by atoms with E-state index in [0.717, 1.165) is 78.1 Å². The van der Waals surface area contributed by atoms with E-state index in [1.165, 1.54) is 55.2 Å². The average molecular weight is 969 g/mol. The van der Waals surface area contributed by atoms with Gasteiger partial charge in [-0.05, 0) is 140 Å². The summed E-state index contributed by atoms with van der Waals surface area (Å²) in [6, 6.07) is 106. The summed E-state index contributed by atoms with van der Waals surface area (Å²) in [5.74, 6) is 0. The Morgan fingerprint density at radius 1 is 0.316 bits per heavy atom. The summed E-state index contributed by atoms with van der Waals surface area (Å²) in [4.78, 5) is 2.46. The topological polar surface area (TPSA) is 21.3 Å². The molecule has 1 aliphatic rings. The lowest BCUT2D eigenvalue weighted by Gasteiger charge is -2.34. The van der Waals surface area contributed by atoms with Crippen molar-refractivity contribution in [1.29, 1.82) is 0 Å². The second-order valence-corrected chi connectivity index (χ2v) is 20.0. The predicted octanol–water partition coefficient (Wildman–Crippen LogP) is 19.5. The zero-order valence-electron chi connectivity index (χ0n) is 41.5. The Balaban J connectivity index is 0.852. The third-order valence-corrected chi connectivity index (χ3v) is 15.9. The van der Waals surface area contributed by atoms with E-state index in [1.807, 2.05) is 12.1 Å². The average Bonchev–Trinajstić information content (AvgIpc) is 4.26. The summed E-state index contributed by atoms with van der Waals surface area (Å²) in [5.41, 5.74) is 22.6. The lowest BCUT2D eigenvalue weighted by atomic mass is 9.68. The van der Waals surface area contributed by atoms with Crippen LogP contribution in [-0.2, 0) is 5.41 Å². The van der Waals surface area contributed by atoms with Crippen molar-refractivity contribution < 1.29 is 4.42 Å². The monoisotopic (exact) mass is 968 g/mol. The molecule has 0 fully saturated rings. The Morgan fingerprint density at radius 2 is 0.789 bits per heavy atom. The fraction of sp³-hybridized carbons (Fsp3) is 0.0137. The van der Waals surface area contributed by atoms with Crippen molar-refractivity contribution >= 4 is 60.8 Å². The molecule has 0 radical (unpaired) electrons. The molecule has 76 heavy (non-hydrogen) atoms. The fourth-order valence-corrected chi connectivity index (χ4v) is 12.5. The van der Waals surface area contributed by atoms with E-state index in [0.29, 0.717) is 0 Å². The zero-order chi connectivity index (χ0) is 50.2. The highest BCUT2D eigenvalue weighted by Gasteiger charge is 2.47. The third-order valence-electron chi connectivity index (χ3n) is 15.9. The van der Waals surface area contributed by atoms with Gasteiger partial charge in [0.05, 0.1) is 22.1 Å². The van der Waals surface area contributed by atoms with Crippen LogP contribution in [0, 0.1) is 0 Å². The largest absolute Gasteiger partial charge is 0.456 e. The van der Waals surface area contributed by atoms with Crippen molar-refractivity contribution in [2.24, 2.45) is 0 Å². The van der Waals surface area contributed by atoms with Gasteiger partial charge in [0.25, 0.3) is 0 Å². The molecule has 356 valence electrons. The Morgan fingerprint density at radius 3 is 1.45 bits per heavy atom. The lowest BCUT2D eigenvalue weighted by Crippen LogP contribution is -2.28. The van der Waals surface area contributed by atoms with E-state index in [1.54, 1.807) is 0 Å². The highest BCUT2D eigenvalue weighted by molar-refractivity contribution is 6.09. The van der Waals surface area contributed by atoms with Gasteiger partial charge in [0, 0.05) is 44.2 Å². The summed E-state index contributed by atoms with van der Waals surface area (Å²) in [6.45, 7) is 0. The second-order valence-electron chi connectivity index (χ2n) is 20.0. The maximum atomic E-state index is 6.18. The van der Waals surface area contributed by atoms with Gasteiger partial charge in [-0.15, -0.1) is 0 Å². The number of anilines is 3. The van der Waals surface area contributed by atoms with Crippen LogP contribution < -0.4 is 4.90 Å². The van der Waals surface area contributed by atoms with Crippen molar-refractivity contribution in [2.75, 3.05) is 4.90 Å². The molecule has 0 unspecified atom stereocenters. The zero-order valence-corrected chi connectivity index (χ0v) is 41.5. The Bertz CT molecular complexity index is 4400. The molecule has 0 saturated heterocycles. The quantitative estimate of drug-likeness (QED) is 0.144. The predicted molar refractivity (Wildman–Crippen MR) is 316 cm³/mol. The molecule has 0 N–H and O–H groups in total. The Kier molecular flexibility index (Phi) is 10.1. The van der Waals surface area contributed by atoms with Crippen LogP contribution in [0.1, 0.15) is 22.3 Å². The number of hydrogen-bond acceptors (Lipinski definition) is 2.